The first-order chi connectivity index (χ1) is 10.8. The quantitative estimate of drug-likeness (QED) is 0.275. The van der Waals surface area contributed by atoms with Gasteiger partial charge in [0.05, 0.1) is 6.61 Å². The summed E-state index contributed by atoms with van der Waals surface area (Å²) < 4.78 is 4.95. The first-order valence-electron chi connectivity index (χ1n) is 7.70. The maximum atomic E-state index is 10.9. The van der Waals surface area contributed by atoms with E-state index in [1.165, 1.54) is 34.6 Å². The van der Waals surface area contributed by atoms with E-state index in [2.05, 4.69) is 49.0 Å². The zero-order valence-electron chi connectivity index (χ0n) is 12.8. The van der Waals surface area contributed by atoms with Gasteiger partial charge < -0.3 is 4.74 Å². The van der Waals surface area contributed by atoms with Gasteiger partial charge in [0.15, 0.2) is 0 Å². The zero-order valence-corrected chi connectivity index (χ0v) is 13.6. The molecule has 0 aliphatic carbocycles. The van der Waals surface area contributed by atoms with Crippen LogP contribution in [-0.4, -0.2) is 18.3 Å². The first kappa shape index (κ1) is 16.6. The predicted molar refractivity (Wildman–Crippen MR) is 94.3 cm³/mol. The summed E-state index contributed by atoms with van der Waals surface area (Å²) >= 11 is 1.91. The molecule has 2 aromatic rings. The van der Waals surface area contributed by atoms with Crippen molar-refractivity contribution in [1.29, 1.82) is 0 Å². The first-order valence-corrected chi connectivity index (χ1v) is 8.69. The van der Waals surface area contributed by atoms with E-state index in [9.17, 15) is 4.79 Å². The number of benzene rings is 2. The van der Waals surface area contributed by atoms with Crippen LogP contribution in [0.15, 0.2) is 60.0 Å². The Bertz CT molecular complexity index is 622. The molecule has 0 aliphatic rings. The van der Waals surface area contributed by atoms with Crippen LogP contribution >= 0.6 is 11.8 Å². The third-order valence-electron chi connectivity index (χ3n) is 3.44. The van der Waals surface area contributed by atoms with Gasteiger partial charge in [-0.1, -0.05) is 49.8 Å². The van der Waals surface area contributed by atoms with Crippen molar-refractivity contribution in [1.82, 2.24) is 0 Å². The number of ether oxygens (including phenoxy) is 1. The number of esters is 1. The molecule has 3 heteroatoms. The van der Waals surface area contributed by atoms with E-state index >= 15 is 0 Å². The van der Waals surface area contributed by atoms with Gasteiger partial charge in [-0.05, 0) is 41.5 Å². The standard InChI is InChI=1S/C19H22O2S/c1-2-19(20)21-13-7-3-4-8-14-22-18-12-11-16-9-5-6-10-17(16)15-18/h2,5-6,9-12,15H,1,3-4,7-8,13-14H2. The Labute approximate surface area is 136 Å². The molecule has 0 unspecified atom stereocenters. The molecule has 0 aliphatic heterocycles. The second-order valence-corrected chi connectivity index (χ2v) is 6.31. The van der Waals surface area contributed by atoms with Crippen LogP contribution in [-0.2, 0) is 9.53 Å². The lowest BCUT2D eigenvalue weighted by Gasteiger charge is -2.04. The molecule has 0 heterocycles. The lowest BCUT2D eigenvalue weighted by atomic mass is 10.1. The van der Waals surface area contributed by atoms with E-state index in [1.807, 2.05) is 11.8 Å². The molecule has 2 nitrogen and oxygen atoms in total. The molecule has 116 valence electrons. The Kier molecular flexibility index (Phi) is 7.04. The Morgan fingerprint density at radius 2 is 1.82 bits per heavy atom. The van der Waals surface area contributed by atoms with Crippen molar-refractivity contribution < 1.29 is 9.53 Å². The summed E-state index contributed by atoms with van der Waals surface area (Å²) in [4.78, 5) is 12.2. The molecule has 0 amide bonds. The van der Waals surface area contributed by atoms with Crippen molar-refractivity contribution in [2.45, 2.75) is 30.6 Å². The minimum Gasteiger partial charge on any atom is -0.463 e. The van der Waals surface area contributed by atoms with E-state index in [1.54, 1.807) is 0 Å². The van der Waals surface area contributed by atoms with Gasteiger partial charge >= 0.3 is 5.97 Å². The summed E-state index contributed by atoms with van der Waals surface area (Å²) in [6.07, 6.45) is 5.60. The molecule has 0 saturated carbocycles. The Morgan fingerprint density at radius 1 is 1.05 bits per heavy atom. The lowest BCUT2D eigenvalue weighted by Crippen LogP contribution is -2.01. The normalized spacial score (nSPS) is 10.5. The highest BCUT2D eigenvalue weighted by atomic mass is 32.2. The number of hydrogen-bond acceptors (Lipinski definition) is 3. The van der Waals surface area contributed by atoms with Crippen LogP contribution in [0.25, 0.3) is 10.8 Å². The highest BCUT2D eigenvalue weighted by molar-refractivity contribution is 7.99. The fourth-order valence-electron chi connectivity index (χ4n) is 2.24. The summed E-state index contributed by atoms with van der Waals surface area (Å²) in [7, 11) is 0. The third kappa shape index (κ3) is 5.57. The number of carbonyl (C=O) groups is 1. The Balaban J connectivity index is 1.60. The molecule has 0 aromatic heterocycles. The Hall–Kier alpha value is -1.74. The zero-order chi connectivity index (χ0) is 15.6. The van der Waals surface area contributed by atoms with Crippen molar-refractivity contribution in [2.24, 2.45) is 0 Å². The van der Waals surface area contributed by atoms with Crippen LogP contribution in [0.1, 0.15) is 25.7 Å². The van der Waals surface area contributed by atoms with Gasteiger partial charge in [-0.3, -0.25) is 0 Å². The number of rotatable bonds is 9. The Morgan fingerprint density at radius 3 is 2.64 bits per heavy atom. The van der Waals surface area contributed by atoms with Crippen LogP contribution in [0.2, 0.25) is 0 Å². The van der Waals surface area contributed by atoms with Crippen molar-refractivity contribution >= 4 is 28.5 Å². The average molecular weight is 314 g/mol. The number of unbranched alkanes of at least 4 members (excludes halogenated alkanes) is 3. The highest BCUT2D eigenvalue weighted by Gasteiger charge is 1.98. The molecule has 2 aromatic carbocycles. The van der Waals surface area contributed by atoms with Crippen molar-refractivity contribution in [3.05, 3.63) is 55.1 Å². The van der Waals surface area contributed by atoms with Gasteiger partial charge in [-0.15, -0.1) is 11.8 Å². The molecular formula is C19H22O2S. The number of fused-ring (bicyclic) bond motifs is 1. The summed E-state index contributed by atoms with van der Waals surface area (Å²) in [5.41, 5.74) is 0. The van der Waals surface area contributed by atoms with E-state index < -0.39 is 0 Å². The number of carbonyl (C=O) groups excluding carboxylic acids is 1. The third-order valence-corrected chi connectivity index (χ3v) is 4.52. The van der Waals surface area contributed by atoms with Gasteiger partial charge in [0.25, 0.3) is 0 Å². The van der Waals surface area contributed by atoms with Crippen LogP contribution in [0, 0.1) is 0 Å². The smallest absolute Gasteiger partial charge is 0.330 e. The molecule has 0 spiro atoms. The maximum absolute atomic E-state index is 10.9. The summed E-state index contributed by atoms with van der Waals surface area (Å²) in [5.74, 6) is 0.803. The largest absolute Gasteiger partial charge is 0.463 e. The minimum atomic E-state index is -0.327. The van der Waals surface area contributed by atoms with Gasteiger partial charge in [-0.2, -0.15) is 0 Å². The van der Waals surface area contributed by atoms with Crippen molar-refractivity contribution in [3.8, 4) is 0 Å². The second-order valence-electron chi connectivity index (χ2n) is 5.14. The predicted octanol–water partition coefficient (Wildman–Crippen LogP) is 5.22. The van der Waals surface area contributed by atoms with E-state index in [0.717, 1.165) is 18.6 Å². The molecule has 0 atom stereocenters. The fourth-order valence-corrected chi connectivity index (χ4v) is 3.20. The van der Waals surface area contributed by atoms with Gasteiger partial charge in [0.1, 0.15) is 0 Å². The molecule has 0 radical (unpaired) electrons. The molecule has 0 fully saturated rings. The molecule has 0 N–H and O–H groups in total. The van der Waals surface area contributed by atoms with Crippen molar-refractivity contribution in [3.63, 3.8) is 0 Å². The van der Waals surface area contributed by atoms with E-state index in [4.69, 9.17) is 4.74 Å². The molecule has 2 rings (SSSR count). The van der Waals surface area contributed by atoms with E-state index in [-0.39, 0.29) is 5.97 Å². The van der Waals surface area contributed by atoms with Crippen LogP contribution < -0.4 is 0 Å². The van der Waals surface area contributed by atoms with Crippen molar-refractivity contribution in [2.75, 3.05) is 12.4 Å². The topological polar surface area (TPSA) is 26.3 Å². The lowest BCUT2D eigenvalue weighted by molar-refractivity contribution is -0.137. The minimum absolute atomic E-state index is 0.327. The van der Waals surface area contributed by atoms with Crippen LogP contribution in [0.5, 0.6) is 0 Å². The molecule has 0 bridgehead atoms. The van der Waals surface area contributed by atoms with Gasteiger partial charge in [0.2, 0.25) is 0 Å². The van der Waals surface area contributed by atoms with Gasteiger partial charge in [-0.25, -0.2) is 4.79 Å². The summed E-state index contributed by atoms with van der Waals surface area (Å²) in [6.45, 7) is 3.87. The molecule has 22 heavy (non-hydrogen) atoms. The molecular weight excluding hydrogens is 292 g/mol. The number of hydrogen-bond donors (Lipinski definition) is 0. The molecule has 0 saturated heterocycles. The van der Waals surface area contributed by atoms with Crippen LogP contribution in [0.4, 0.5) is 0 Å². The summed E-state index contributed by atoms with van der Waals surface area (Å²) in [6, 6.07) is 15.1. The monoisotopic (exact) mass is 314 g/mol. The average Bonchev–Trinajstić information content (AvgIpc) is 2.56. The van der Waals surface area contributed by atoms with Gasteiger partial charge in [0, 0.05) is 11.0 Å². The maximum Gasteiger partial charge on any atom is 0.330 e. The SMILES string of the molecule is C=CC(=O)OCCCCCCSc1ccc2ccccc2c1. The number of thioether (sulfide) groups is 1. The van der Waals surface area contributed by atoms with Crippen LogP contribution in [0.3, 0.4) is 0 Å². The summed E-state index contributed by atoms with van der Waals surface area (Å²) in [5, 5.41) is 2.59. The highest BCUT2D eigenvalue weighted by Crippen LogP contribution is 2.24. The second kappa shape index (κ2) is 9.31. The fraction of sp³-hybridized carbons (Fsp3) is 0.316. The van der Waals surface area contributed by atoms with E-state index in [0.29, 0.717) is 6.61 Å².